The van der Waals surface area contributed by atoms with Gasteiger partial charge in [0.2, 0.25) is 0 Å². The molecule has 0 amide bonds. The van der Waals surface area contributed by atoms with Crippen LogP contribution in [0.25, 0.3) is 33.4 Å². The van der Waals surface area contributed by atoms with Crippen molar-refractivity contribution in [3.63, 3.8) is 0 Å². The summed E-state index contributed by atoms with van der Waals surface area (Å²) >= 11 is 0. The second kappa shape index (κ2) is 7.76. The Labute approximate surface area is 176 Å². The van der Waals surface area contributed by atoms with Crippen LogP contribution in [0.15, 0.2) is 60.8 Å². The number of benzene rings is 2. The molecule has 2 aromatic heterocycles. The normalized spacial score (nSPS) is 14.7. The lowest BCUT2D eigenvalue weighted by atomic mass is 9.95. The van der Waals surface area contributed by atoms with Crippen molar-refractivity contribution >= 4 is 11.0 Å². The van der Waals surface area contributed by atoms with Crippen molar-refractivity contribution < 1.29 is 0 Å². The SMILES string of the molecule is Cc1ccc(-c2nc3cnn(C4CCCCC4)c3cc2-c2ccc(C#N)cc2)cc1. The maximum atomic E-state index is 9.18. The molecule has 148 valence electrons. The molecule has 0 spiro atoms. The van der Waals surface area contributed by atoms with Gasteiger partial charge in [-0.2, -0.15) is 10.4 Å². The number of nitrogens with zero attached hydrogens (tertiary/aromatic N) is 4. The van der Waals surface area contributed by atoms with Gasteiger partial charge in [0.1, 0.15) is 5.52 Å². The van der Waals surface area contributed by atoms with Gasteiger partial charge in [-0.3, -0.25) is 4.68 Å². The van der Waals surface area contributed by atoms with Crippen molar-refractivity contribution in [2.24, 2.45) is 0 Å². The molecule has 1 fully saturated rings. The fourth-order valence-electron chi connectivity index (χ4n) is 4.47. The van der Waals surface area contributed by atoms with Crippen molar-refractivity contribution in [3.8, 4) is 28.5 Å². The van der Waals surface area contributed by atoms with E-state index in [-0.39, 0.29) is 0 Å². The predicted octanol–water partition coefficient (Wildman–Crippen LogP) is 6.45. The number of pyridine rings is 1. The van der Waals surface area contributed by atoms with Crippen molar-refractivity contribution in [2.45, 2.75) is 45.1 Å². The van der Waals surface area contributed by atoms with Gasteiger partial charge in [0.25, 0.3) is 0 Å². The van der Waals surface area contributed by atoms with Crippen LogP contribution in [-0.2, 0) is 0 Å². The summed E-state index contributed by atoms with van der Waals surface area (Å²) in [5.74, 6) is 0. The van der Waals surface area contributed by atoms with Crippen LogP contribution in [-0.4, -0.2) is 14.8 Å². The third-order valence-electron chi connectivity index (χ3n) is 6.15. The summed E-state index contributed by atoms with van der Waals surface area (Å²) in [6, 6.07) is 21.2. The maximum Gasteiger partial charge on any atom is 0.109 e. The van der Waals surface area contributed by atoms with Crippen molar-refractivity contribution in [1.82, 2.24) is 14.8 Å². The van der Waals surface area contributed by atoms with Crippen molar-refractivity contribution in [2.75, 3.05) is 0 Å². The van der Waals surface area contributed by atoms with E-state index in [1.807, 2.05) is 30.5 Å². The predicted molar refractivity (Wildman–Crippen MR) is 120 cm³/mol. The molecule has 4 nitrogen and oxygen atoms in total. The zero-order valence-electron chi connectivity index (χ0n) is 17.2. The van der Waals surface area contributed by atoms with Crippen LogP contribution < -0.4 is 0 Å². The van der Waals surface area contributed by atoms with Crippen LogP contribution in [0.4, 0.5) is 0 Å². The van der Waals surface area contributed by atoms with E-state index in [0.717, 1.165) is 33.4 Å². The van der Waals surface area contributed by atoms with Gasteiger partial charge < -0.3 is 0 Å². The Morgan fingerprint density at radius 2 is 1.63 bits per heavy atom. The molecule has 4 heteroatoms. The van der Waals surface area contributed by atoms with E-state index in [0.29, 0.717) is 11.6 Å². The molecule has 0 radical (unpaired) electrons. The molecule has 0 N–H and O–H groups in total. The number of hydrogen-bond donors (Lipinski definition) is 0. The molecular formula is C26H24N4. The van der Waals surface area contributed by atoms with Gasteiger partial charge in [-0.15, -0.1) is 0 Å². The Kier molecular flexibility index (Phi) is 4.80. The number of hydrogen-bond acceptors (Lipinski definition) is 3. The molecule has 2 aromatic carbocycles. The summed E-state index contributed by atoms with van der Waals surface area (Å²) in [7, 11) is 0. The number of rotatable bonds is 3. The topological polar surface area (TPSA) is 54.5 Å². The third-order valence-corrected chi connectivity index (χ3v) is 6.15. The van der Waals surface area contributed by atoms with E-state index in [2.05, 4.69) is 48.0 Å². The molecule has 1 aliphatic carbocycles. The van der Waals surface area contributed by atoms with E-state index < -0.39 is 0 Å². The Morgan fingerprint density at radius 1 is 0.933 bits per heavy atom. The van der Waals surface area contributed by atoms with Gasteiger partial charge in [-0.1, -0.05) is 61.2 Å². The van der Waals surface area contributed by atoms with Gasteiger partial charge in [-0.05, 0) is 43.5 Å². The van der Waals surface area contributed by atoms with Crippen LogP contribution in [0, 0.1) is 18.3 Å². The molecule has 0 saturated heterocycles. The lowest BCUT2D eigenvalue weighted by Crippen LogP contribution is -2.13. The van der Waals surface area contributed by atoms with E-state index in [1.54, 1.807) is 0 Å². The van der Waals surface area contributed by atoms with Gasteiger partial charge in [-0.25, -0.2) is 4.98 Å². The minimum absolute atomic E-state index is 0.456. The molecule has 1 saturated carbocycles. The number of aromatic nitrogens is 3. The third kappa shape index (κ3) is 3.37. The molecule has 2 heterocycles. The summed E-state index contributed by atoms with van der Waals surface area (Å²) in [6.07, 6.45) is 8.13. The number of aryl methyl sites for hydroxylation is 1. The first-order chi connectivity index (χ1) is 14.7. The Morgan fingerprint density at radius 3 is 2.33 bits per heavy atom. The summed E-state index contributed by atoms with van der Waals surface area (Å²) in [5.41, 5.74) is 8.11. The summed E-state index contributed by atoms with van der Waals surface area (Å²) in [6.45, 7) is 2.09. The Balaban J connectivity index is 1.70. The Bertz CT molecular complexity index is 1220. The highest BCUT2D eigenvalue weighted by molar-refractivity contribution is 5.90. The van der Waals surface area contributed by atoms with Gasteiger partial charge in [0.05, 0.1) is 35.1 Å². The maximum absolute atomic E-state index is 9.18. The van der Waals surface area contributed by atoms with Gasteiger partial charge in [0.15, 0.2) is 0 Å². The summed E-state index contributed by atoms with van der Waals surface area (Å²) in [4.78, 5) is 5.06. The lowest BCUT2D eigenvalue weighted by molar-refractivity contribution is 0.337. The molecule has 0 aliphatic heterocycles. The summed E-state index contributed by atoms with van der Waals surface area (Å²) < 4.78 is 2.19. The molecule has 4 aromatic rings. The van der Waals surface area contributed by atoms with E-state index in [4.69, 9.17) is 10.1 Å². The first-order valence-electron chi connectivity index (χ1n) is 10.7. The highest BCUT2D eigenvalue weighted by Crippen LogP contribution is 2.36. The average molecular weight is 393 g/mol. The number of nitriles is 1. The van der Waals surface area contributed by atoms with Crippen molar-refractivity contribution in [3.05, 3.63) is 71.9 Å². The zero-order valence-corrected chi connectivity index (χ0v) is 17.2. The first kappa shape index (κ1) is 18.6. The monoisotopic (exact) mass is 392 g/mol. The minimum Gasteiger partial charge on any atom is -0.260 e. The van der Waals surface area contributed by atoms with E-state index in [9.17, 15) is 5.26 Å². The number of fused-ring (bicyclic) bond motifs is 1. The molecule has 0 atom stereocenters. The van der Waals surface area contributed by atoms with Gasteiger partial charge in [0, 0.05) is 11.1 Å². The largest absolute Gasteiger partial charge is 0.260 e. The zero-order chi connectivity index (χ0) is 20.5. The average Bonchev–Trinajstić information content (AvgIpc) is 3.22. The van der Waals surface area contributed by atoms with Gasteiger partial charge >= 0.3 is 0 Å². The Hall–Kier alpha value is -3.45. The van der Waals surface area contributed by atoms with E-state index in [1.165, 1.54) is 37.7 Å². The quantitative estimate of drug-likeness (QED) is 0.402. The van der Waals surface area contributed by atoms with Crippen LogP contribution >= 0.6 is 0 Å². The molecule has 1 aliphatic rings. The fraction of sp³-hybridized carbons (Fsp3) is 0.269. The molecule has 5 rings (SSSR count). The highest BCUT2D eigenvalue weighted by Gasteiger charge is 2.20. The minimum atomic E-state index is 0.456. The smallest absolute Gasteiger partial charge is 0.109 e. The molecule has 30 heavy (non-hydrogen) atoms. The standard InChI is InChI=1S/C26H24N4/c1-18-7-11-21(12-8-18)26-23(20-13-9-19(16-27)10-14-20)15-25-24(29-26)17-28-30(25)22-5-3-2-4-6-22/h7-15,17,22H,2-6H2,1H3. The molecule has 0 bridgehead atoms. The molecular weight excluding hydrogens is 368 g/mol. The summed E-state index contributed by atoms with van der Waals surface area (Å²) in [5, 5.41) is 13.9. The second-order valence-corrected chi connectivity index (χ2v) is 8.23. The lowest BCUT2D eigenvalue weighted by Gasteiger charge is -2.23. The van der Waals surface area contributed by atoms with Crippen LogP contribution in [0.2, 0.25) is 0 Å². The highest BCUT2D eigenvalue weighted by atomic mass is 15.3. The first-order valence-corrected chi connectivity index (χ1v) is 10.7. The second-order valence-electron chi connectivity index (χ2n) is 8.23. The molecule has 0 unspecified atom stereocenters. The van der Waals surface area contributed by atoms with Crippen LogP contribution in [0.3, 0.4) is 0 Å². The fourth-order valence-corrected chi connectivity index (χ4v) is 4.47. The van der Waals surface area contributed by atoms with E-state index >= 15 is 0 Å². The van der Waals surface area contributed by atoms with Crippen LogP contribution in [0.5, 0.6) is 0 Å². The van der Waals surface area contributed by atoms with Crippen LogP contribution in [0.1, 0.15) is 49.3 Å². The van der Waals surface area contributed by atoms with Crippen molar-refractivity contribution in [1.29, 1.82) is 5.26 Å².